The summed E-state index contributed by atoms with van der Waals surface area (Å²) in [6.45, 7) is 5.25. The number of amidine groups is 1. The van der Waals surface area contributed by atoms with E-state index in [9.17, 15) is 24.9 Å². The van der Waals surface area contributed by atoms with Crippen molar-refractivity contribution >= 4 is 17.7 Å². The van der Waals surface area contributed by atoms with Gasteiger partial charge in [0.05, 0.1) is 5.56 Å². The second-order valence-electron chi connectivity index (χ2n) is 5.38. The Hall–Kier alpha value is -2.57. The first-order valence-electron chi connectivity index (χ1n) is 6.38. The Morgan fingerprint density at radius 3 is 2.33 bits per heavy atom. The molecule has 4 N–H and O–H groups in total. The van der Waals surface area contributed by atoms with Crippen molar-refractivity contribution < 1.29 is 24.9 Å². The van der Waals surface area contributed by atoms with Gasteiger partial charge in [-0.25, -0.2) is 4.79 Å². The van der Waals surface area contributed by atoms with Crippen LogP contribution in [0.3, 0.4) is 0 Å². The molecule has 0 aliphatic carbocycles. The quantitative estimate of drug-likeness (QED) is 0.622. The van der Waals surface area contributed by atoms with Crippen LogP contribution in [0.15, 0.2) is 17.1 Å². The van der Waals surface area contributed by atoms with Crippen LogP contribution in [0.5, 0.6) is 11.5 Å². The molecule has 7 heteroatoms. The van der Waals surface area contributed by atoms with Gasteiger partial charge in [0.15, 0.2) is 0 Å². The molecule has 0 bridgehead atoms. The predicted octanol–water partition coefficient (Wildman–Crippen LogP) is 1.09. The molecular formula is C14H16N2O5. The molecule has 1 aromatic rings. The Morgan fingerprint density at radius 1 is 1.29 bits per heavy atom. The number of aromatic hydroxyl groups is 2. The summed E-state index contributed by atoms with van der Waals surface area (Å²) < 4.78 is 0. The minimum absolute atomic E-state index is 0.0537. The Morgan fingerprint density at radius 2 is 1.86 bits per heavy atom. The summed E-state index contributed by atoms with van der Waals surface area (Å²) in [6, 6.07) is 2.22. The summed E-state index contributed by atoms with van der Waals surface area (Å²) in [7, 11) is 0. The lowest BCUT2D eigenvalue weighted by atomic mass is 9.89. The monoisotopic (exact) mass is 292 g/mol. The number of phenolic OH excluding ortho intramolecular Hbond substituents is 1. The number of carboxylic acid groups (broad SMARTS) is 1. The normalized spacial score (nSPS) is 21.3. The van der Waals surface area contributed by atoms with Crippen LogP contribution >= 0.6 is 0 Å². The Labute approximate surface area is 120 Å². The van der Waals surface area contributed by atoms with Gasteiger partial charge < -0.3 is 20.6 Å². The van der Waals surface area contributed by atoms with Crippen LogP contribution in [0.4, 0.5) is 0 Å². The molecule has 0 aromatic heterocycles. The van der Waals surface area contributed by atoms with Crippen molar-refractivity contribution in [3.8, 4) is 11.5 Å². The smallest absolute Gasteiger partial charge is 0.340 e. The lowest BCUT2D eigenvalue weighted by Crippen LogP contribution is -2.41. The molecule has 1 aromatic carbocycles. The first kappa shape index (κ1) is 14.8. The van der Waals surface area contributed by atoms with Gasteiger partial charge in [-0.15, -0.1) is 0 Å². The summed E-state index contributed by atoms with van der Waals surface area (Å²) >= 11 is 0. The van der Waals surface area contributed by atoms with Crippen LogP contribution < -0.4 is 5.32 Å². The summed E-state index contributed by atoms with van der Waals surface area (Å²) in [5.74, 6) is -2.87. The number of carbonyl (C=O) groups excluding carboxylic acids is 1. The molecule has 0 spiro atoms. The third kappa shape index (κ3) is 2.20. The number of nitrogens with zero attached hydrogens (tertiary/aromatic N) is 1. The fourth-order valence-electron chi connectivity index (χ4n) is 2.09. The molecule has 1 amide bonds. The van der Waals surface area contributed by atoms with Crippen molar-refractivity contribution in [2.45, 2.75) is 26.3 Å². The van der Waals surface area contributed by atoms with Gasteiger partial charge in [-0.1, -0.05) is 13.8 Å². The van der Waals surface area contributed by atoms with E-state index in [-0.39, 0.29) is 29.0 Å². The molecule has 1 aliphatic rings. The molecule has 0 saturated heterocycles. The van der Waals surface area contributed by atoms with Gasteiger partial charge in [0, 0.05) is 0 Å². The van der Waals surface area contributed by atoms with Crippen LogP contribution in [0, 0.1) is 5.92 Å². The van der Waals surface area contributed by atoms with E-state index >= 15 is 0 Å². The number of nitrogens with one attached hydrogen (secondary N) is 1. The van der Waals surface area contributed by atoms with Gasteiger partial charge in [-0.2, -0.15) is 0 Å². The lowest BCUT2D eigenvalue weighted by Gasteiger charge is -2.21. The average molecular weight is 292 g/mol. The van der Waals surface area contributed by atoms with Crippen LogP contribution in [0.1, 0.15) is 36.7 Å². The van der Waals surface area contributed by atoms with Gasteiger partial charge in [-0.05, 0) is 25.0 Å². The second-order valence-corrected chi connectivity index (χ2v) is 5.38. The molecule has 0 radical (unpaired) electrons. The number of hydrogen-bond acceptors (Lipinski definition) is 5. The standard InChI is InChI=1S/C14H16N2O5/c1-6(2)14(3)13(21)15-11(16-14)9-7(17)4-5-8(18)10(9)12(19)20/h4-6,17-18H,1-3H3,(H,19,20)(H,15,16,21). The van der Waals surface area contributed by atoms with E-state index in [1.807, 2.05) is 13.8 Å². The van der Waals surface area contributed by atoms with Crippen LogP contribution in [-0.2, 0) is 4.79 Å². The fraction of sp³-hybridized carbons (Fsp3) is 0.357. The number of carboxylic acids is 1. The zero-order chi connectivity index (χ0) is 15.9. The number of carbonyl (C=O) groups is 2. The molecule has 21 heavy (non-hydrogen) atoms. The minimum atomic E-state index is -1.42. The van der Waals surface area contributed by atoms with Crippen LogP contribution in [-0.4, -0.2) is 38.6 Å². The largest absolute Gasteiger partial charge is 0.507 e. The summed E-state index contributed by atoms with van der Waals surface area (Å²) in [5, 5.41) is 31.3. The van der Waals surface area contributed by atoms with Crippen LogP contribution in [0.25, 0.3) is 0 Å². The number of amides is 1. The van der Waals surface area contributed by atoms with E-state index in [0.29, 0.717) is 0 Å². The van der Waals surface area contributed by atoms with E-state index in [2.05, 4.69) is 10.3 Å². The average Bonchev–Trinajstić information content (AvgIpc) is 2.68. The fourth-order valence-corrected chi connectivity index (χ4v) is 2.09. The summed E-state index contributed by atoms with van der Waals surface area (Å²) in [6.07, 6.45) is 0. The van der Waals surface area contributed by atoms with Crippen molar-refractivity contribution in [3.63, 3.8) is 0 Å². The van der Waals surface area contributed by atoms with E-state index in [1.54, 1.807) is 6.92 Å². The minimum Gasteiger partial charge on any atom is -0.507 e. The molecule has 0 fully saturated rings. The third-order valence-corrected chi connectivity index (χ3v) is 3.77. The highest BCUT2D eigenvalue weighted by atomic mass is 16.4. The van der Waals surface area contributed by atoms with E-state index in [0.717, 1.165) is 12.1 Å². The number of hydrogen-bond donors (Lipinski definition) is 4. The van der Waals surface area contributed by atoms with Crippen molar-refractivity contribution in [2.75, 3.05) is 0 Å². The van der Waals surface area contributed by atoms with Crippen molar-refractivity contribution in [1.29, 1.82) is 0 Å². The van der Waals surface area contributed by atoms with Crippen molar-refractivity contribution in [1.82, 2.24) is 5.32 Å². The first-order valence-corrected chi connectivity index (χ1v) is 6.38. The second kappa shape index (κ2) is 4.76. The zero-order valence-corrected chi connectivity index (χ0v) is 11.8. The highest BCUT2D eigenvalue weighted by molar-refractivity contribution is 6.20. The number of aliphatic imine (C=N–C) groups is 1. The Balaban J connectivity index is 2.67. The zero-order valence-electron chi connectivity index (χ0n) is 11.8. The Kier molecular flexibility index (Phi) is 3.36. The lowest BCUT2D eigenvalue weighted by molar-refractivity contribution is -0.124. The molecule has 1 unspecified atom stereocenters. The van der Waals surface area contributed by atoms with Gasteiger partial charge in [0.1, 0.15) is 28.4 Å². The number of phenols is 2. The molecular weight excluding hydrogens is 276 g/mol. The molecule has 0 saturated carbocycles. The SMILES string of the molecule is CC(C)C1(C)N=C(c2c(O)ccc(O)c2C(=O)O)NC1=O. The van der Waals surface area contributed by atoms with Gasteiger partial charge >= 0.3 is 5.97 Å². The predicted molar refractivity (Wildman–Crippen MR) is 74.7 cm³/mol. The molecule has 1 aliphatic heterocycles. The first-order chi connectivity index (χ1) is 9.68. The number of benzene rings is 1. The summed E-state index contributed by atoms with van der Waals surface area (Å²) in [4.78, 5) is 27.6. The van der Waals surface area contributed by atoms with E-state index in [4.69, 9.17) is 0 Å². The van der Waals surface area contributed by atoms with Crippen molar-refractivity contribution in [2.24, 2.45) is 10.9 Å². The van der Waals surface area contributed by atoms with Gasteiger partial charge in [0.2, 0.25) is 0 Å². The van der Waals surface area contributed by atoms with Gasteiger partial charge in [-0.3, -0.25) is 9.79 Å². The maximum Gasteiger partial charge on any atom is 0.340 e. The molecule has 1 heterocycles. The maximum atomic E-state index is 12.1. The van der Waals surface area contributed by atoms with Crippen molar-refractivity contribution in [3.05, 3.63) is 23.3 Å². The Bertz CT molecular complexity index is 666. The highest BCUT2D eigenvalue weighted by Gasteiger charge is 2.43. The molecule has 2 rings (SSSR count). The van der Waals surface area contributed by atoms with Gasteiger partial charge in [0.25, 0.3) is 5.91 Å². The van der Waals surface area contributed by atoms with E-state index in [1.165, 1.54) is 0 Å². The van der Waals surface area contributed by atoms with E-state index < -0.39 is 22.8 Å². The topological polar surface area (TPSA) is 119 Å². The summed E-state index contributed by atoms with van der Waals surface area (Å²) in [5.41, 5.74) is -1.74. The van der Waals surface area contributed by atoms with Crippen LogP contribution in [0.2, 0.25) is 0 Å². The molecule has 7 nitrogen and oxygen atoms in total. The number of rotatable bonds is 3. The number of aromatic carboxylic acids is 1. The maximum absolute atomic E-state index is 12.1. The third-order valence-electron chi connectivity index (χ3n) is 3.77. The molecule has 112 valence electrons. The highest BCUT2D eigenvalue weighted by Crippen LogP contribution is 2.33. The molecule has 1 atom stereocenters.